The highest BCUT2D eigenvalue weighted by Crippen LogP contribution is 2.29. The van der Waals surface area contributed by atoms with E-state index in [9.17, 15) is 0 Å². The monoisotopic (exact) mass is 194 g/mol. The summed E-state index contributed by atoms with van der Waals surface area (Å²) < 4.78 is 0. The van der Waals surface area contributed by atoms with Crippen LogP contribution in [-0.4, -0.2) is 36.1 Å². The van der Waals surface area contributed by atoms with Crippen LogP contribution in [0.4, 0.5) is 0 Å². The minimum absolute atomic E-state index is 0.834. The van der Waals surface area contributed by atoms with E-state index in [1.165, 1.54) is 58.0 Å². The van der Waals surface area contributed by atoms with E-state index < -0.39 is 0 Å². The Balaban J connectivity index is 1.57. The summed E-state index contributed by atoms with van der Waals surface area (Å²) in [5.74, 6) is 0. The Labute approximate surface area is 87.0 Å². The molecule has 0 spiro atoms. The number of rotatable bonds is 2. The first kappa shape index (κ1) is 9.17. The number of nitrogens with one attached hydrogen (secondary N) is 1. The molecule has 2 atom stereocenters. The van der Waals surface area contributed by atoms with Crippen molar-refractivity contribution in [1.82, 2.24) is 10.2 Å². The van der Waals surface area contributed by atoms with Gasteiger partial charge >= 0.3 is 0 Å². The van der Waals surface area contributed by atoms with Gasteiger partial charge in [0.15, 0.2) is 0 Å². The molecule has 0 bridgehead atoms. The highest BCUT2D eigenvalue weighted by atomic mass is 15.2. The average Bonchev–Trinajstić information content (AvgIpc) is 2.85. The zero-order valence-corrected chi connectivity index (χ0v) is 9.04. The molecular weight excluding hydrogens is 172 g/mol. The Kier molecular flexibility index (Phi) is 2.50. The zero-order valence-electron chi connectivity index (χ0n) is 9.04. The van der Waals surface area contributed by atoms with Crippen LogP contribution >= 0.6 is 0 Å². The molecule has 3 rings (SSSR count). The highest BCUT2D eigenvalue weighted by molar-refractivity contribution is 4.97. The summed E-state index contributed by atoms with van der Waals surface area (Å²) in [6, 6.07) is 2.59. The summed E-state index contributed by atoms with van der Waals surface area (Å²) in [4.78, 5) is 2.70. The molecule has 0 amide bonds. The van der Waals surface area contributed by atoms with Gasteiger partial charge < -0.3 is 5.32 Å². The van der Waals surface area contributed by atoms with Crippen LogP contribution in [0.1, 0.15) is 44.9 Å². The van der Waals surface area contributed by atoms with Gasteiger partial charge in [-0.15, -0.1) is 0 Å². The van der Waals surface area contributed by atoms with Crippen LogP contribution in [0, 0.1) is 0 Å². The van der Waals surface area contributed by atoms with Gasteiger partial charge in [0.1, 0.15) is 0 Å². The molecule has 0 aromatic heterocycles. The van der Waals surface area contributed by atoms with Crippen molar-refractivity contribution in [3.8, 4) is 0 Å². The van der Waals surface area contributed by atoms with Crippen LogP contribution < -0.4 is 5.32 Å². The fraction of sp³-hybridized carbons (Fsp3) is 1.00. The molecule has 1 aliphatic carbocycles. The second-order valence-electron chi connectivity index (χ2n) is 5.29. The van der Waals surface area contributed by atoms with E-state index in [4.69, 9.17) is 0 Å². The van der Waals surface area contributed by atoms with E-state index in [-0.39, 0.29) is 0 Å². The van der Waals surface area contributed by atoms with E-state index in [1.54, 1.807) is 0 Å². The van der Waals surface area contributed by atoms with E-state index in [2.05, 4.69) is 10.2 Å². The summed E-state index contributed by atoms with van der Waals surface area (Å²) in [6.45, 7) is 2.72. The van der Waals surface area contributed by atoms with Crippen molar-refractivity contribution < 1.29 is 0 Å². The Bertz CT molecular complexity index is 198. The second kappa shape index (κ2) is 3.82. The van der Waals surface area contributed by atoms with Crippen molar-refractivity contribution in [3.63, 3.8) is 0 Å². The number of nitrogens with zero attached hydrogens (tertiary/aromatic N) is 1. The van der Waals surface area contributed by atoms with Gasteiger partial charge in [-0.2, -0.15) is 0 Å². The predicted molar refractivity (Wildman–Crippen MR) is 58.4 cm³/mol. The molecule has 14 heavy (non-hydrogen) atoms. The minimum Gasteiger partial charge on any atom is -0.310 e. The lowest BCUT2D eigenvalue weighted by Gasteiger charge is -2.24. The van der Waals surface area contributed by atoms with Crippen LogP contribution in [0.25, 0.3) is 0 Å². The van der Waals surface area contributed by atoms with E-state index in [0.29, 0.717) is 0 Å². The standard InChI is InChI=1S/C12H22N2/c1-2-5-10(4-1)13-11-7-9-14-8-3-6-12(11)14/h10-13H,1-9H2. The van der Waals surface area contributed by atoms with Crippen LogP contribution in [0.3, 0.4) is 0 Å². The zero-order chi connectivity index (χ0) is 9.38. The predicted octanol–water partition coefficient (Wildman–Crippen LogP) is 1.76. The molecule has 0 aromatic carbocycles. The summed E-state index contributed by atoms with van der Waals surface area (Å²) >= 11 is 0. The van der Waals surface area contributed by atoms with Crippen LogP contribution in [0.15, 0.2) is 0 Å². The van der Waals surface area contributed by atoms with Gasteiger partial charge in [-0.3, -0.25) is 4.90 Å². The molecule has 2 nitrogen and oxygen atoms in total. The van der Waals surface area contributed by atoms with Gasteiger partial charge in [0.05, 0.1) is 0 Å². The quantitative estimate of drug-likeness (QED) is 0.720. The van der Waals surface area contributed by atoms with Crippen LogP contribution in [-0.2, 0) is 0 Å². The maximum atomic E-state index is 3.91. The Morgan fingerprint density at radius 1 is 0.857 bits per heavy atom. The number of hydrogen-bond donors (Lipinski definition) is 1. The molecule has 3 fully saturated rings. The first-order valence-corrected chi connectivity index (χ1v) is 6.43. The fourth-order valence-electron chi connectivity index (χ4n) is 3.67. The molecule has 2 heteroatoms. The third kappa shape index (κ3) is 1.59. The third-order valence-corrected chi connectivity index (χ3v) is 4.41. The molecule has 1 N–H and O–H groups in total. The Hall–Kier alpha value is -0.0800. The average molecular weight is 194 g/mol. The second-order valence-corrected chi connectivity index (χ2v) is 5.29. The van der Waals surface area contributed by atoms with Crippen molar-refractivity contribution >= 4 is 0 Å². The molecule has 2 heterocycles. The molecule has 3 aliphatic rings. The molecule has 2 aliphatic heterocycles. The summed E-state index contributed by atoms with van der Waals surface area (Å²) in [7, 11) is 0. The van der Waals surface area contributed by atoms with Gasteiger partial charge in [0.25, 0.3) is 0 Å². The van der Waals surface area contributed by atoms with E-state index in [0.717, 1.165) is 18.1 Å². The molecule has 0 radical (unpaired) electrons. The maximum absolute atomic E-state index is 3.91. The van der Waals surface area contributed by atoms with Crippen molar-refractivity contribution in [2.45, 2.75) is 63.1 Å². The fourth-order valence-corrected chi connectivity index (χ4v) is 3.67. The third-order valence-electron chi connectivity index (χ3n) is 4.41. The lowest BCUT2D eigenvalue weighted by molar-refractivity contribution is 0.288. The number of hydrogen-bond acceptors (Lipinski definition) is 2. The molecular formula is C12H22N2. The molecule has 2 saturated heterocycles. The first-order valence-electron chi connectivity index (χ1n) is 6.43. The molecule has 2 unspecified atom stereocenters. The van der Waals surface area contributed by atoms with Crippen LogP contribution in [0.5, 0.6) is 0 Å². The van der Waals surface area contributed by atoms with Crippen molar-refractivity contribution in [2.75, 3.05) is 13.1 Å². The van der Waals surface area contributed by atoms with Crippen molar-refractivity contribution in [1.29, 1.82) is 0 Å². The summed E-state index contributed by atoms with van der Waals surface area (Å²) in [6.07, 6.45) is 10.1. The maximum Gasteiger partial charge on any atom is 0.0250 e. The minimum atomic E-state index is 0.834. The van der Waals surface area contributed by atoms with Gasteiger partial charge in [0, 0.05) is 24.7 Å². The van der Waals surface area contributed by atoms with E-state index in [1.807, 2.05) is 0 Å². The topological polar surface area (TPSA) is 15.3 Å². The lowest BCUT2D eigenvalue weighted by Crippen LogP contribution is -2.43. The SMILES string of the molecule is C1CCC(NC2CCN3CCCC23)C1. The molecule has 1 saturated carbocycles. The molecule has 0 aromatic rings. The normalized spacial score (nSPS) is 39.4. The Morgan fingerprint density at radius 2 is 1.71 bits per heavy atom. The largest absolute Gasteiger partial charge is 0.310 e. The smallest absolute Gasteiger partial charge is 0.0250 e. The summed E-state index contributed by atoms with van der Waals surface area (Å²) in [5, 5.41) is 3.91. The molecule has 80 valence electrons. The number of fused-ring (bicyclic) bond motifs is 1. The summed E-state index contributed by atoms with van der Waals surface area (Å²) in [5.41, 5.74) is 0. The highest BCUT2D eigenvalue weighted by Gasteiger charge is 2.37. The van der Waals surface area contributed by atoms with Crippen molar-refractivity contribution in [3.05, 3.63) is 0 Å². The van der Waals surface area contributed by atoms with E-state index >= 15 is 0 Å². The van der Waals surface area contributed by atoms with Gasteiger partial charge in [-0.25, -0.2) is 0 Å². The Morgan fingerprint density at radius 3 is 2.57 bits per heavy atom. The van der Waals surface area contributed by atoms with Crippen LogP contribution in [0.2, 0.25) is 0 Å². The lowest BCUT2D eigenvalue weighted by atomic mass is 10.1. The van der Waals surface area contributed by atoms with Gasteiger partial charge in [-0.1, -0.05) is 12.8 Å². The first-order chi connectivity index (χ1) is 6.93. The van der Waals surface area contributed by atoms with Gasteiger partial charge in [0.2, 0.25) is 0 Å². The van der Waals surface area contributed by atoms with Gasteiger partial charge in [-0.05, 0) is 38.6 Å². The van der Waals surface area contributed by atoms with Crippen molar-refractivity contribution in [2.24, 2.45) is 0 Å².